The molecule has 0 saturated carbocycles. The van der Waals surface area contributed by atoms with Crippen molar-refractivity contribution in [3.05, 3.63) is 90.0 Å². The van der Waals surface area contributed by atoms with E-state index in [2.05, 4.69) is 10.6 Å². The smallest absolute Gasteiger partial charge is 0.264 e. The van der Waals surface area contributed by atoms with Crippen molar-refractivity contribution in [2.24, 2.45) is 0 Å². The minimum absolute atomic E-state index is 0.0310. The van der Waals surface area contributed by atoms with Crippen LogP contribution in [0.25, 0.3) is 0 Å². The molecule has 1 heterocycles. The molecule has 1 aliphatic heterocycles. The topological polar surface area (TPSA) is 105 Å². The zero-order valence-electron chi connectivity index (χ0n) is 19.7. The van der Waals surface area contributed by atoms with E-state index in [4.69, 9.17) is 4.74 Å². The predicted octanol–water partition coefficient (Wildman–Crippen LogP) is 3.71. The first-order valence-electron chi connectivity index (χ1n) is 11.6. The lowest BCUT2D eigenvalue weighted by molar-refractivity contribution is -0.114. The maximum absolute atomic E-state index is 13.5. The Labute approximate surface area is 213 Å². The molecule has 8 nitrogen and oxygen atoms in total. The molecule has 1 atom stereocenters. The third-order valence-corrected chi connectivity index (χ3v) is 7.55. The lowest BCUT2D eigenvalue weighted by Gasteiger charge is -2.24. The molecule has 0 aromatic heterocycles. The van der Waals surface area contributed by atoms with Gasteiger partial charge in [0.25, 0.3) is 15.9 Å². The van der Waals surface area contributed by atoms with Gasteiger partial charge < -0.3 is 15.4 Å². The summed E-state index contributed by atoms with van der Waals surface area (Å²) in [6.07, 6.45) is 1.71. The van der Waals surface area contributed by atoms with E-state index in [1.54, 1.807) is 12.1 Å². The summed E-state index contributed by atoms with van der Waals surface area (Å²) in [4.78, 5) is 25.5. The molecular weight excluding hydrogens is 504 g/mol. The van der Waals surface area contributed by atoms with Crippen LogP contribution in [0, 0.1) is 11.6 Å². The van der Waals surface area contributed by atoms with E-state index in [1.807, 2.05) is 0 Å². The third kappa shape index (κ3) is 6.49. The van der Waals surface area contributed by atoms with E-state index < -0.39 is 40.0 Å². The number of hydrogen-bond acceptors (Lipinski definition) is 5. The Bertz CT molecular complexity index is 1360. The molecule has 0 spiro atoms. The number of carbonyl (C=O) groups excluding carboxylic acids is 2. The molecule has 4 rings (SSSR count). The highest BCUT2D eigenvalue weighted by Gasteiger charge is 2.28. The van der Waals surface area contributed by atoms with Crippen LogP contribution in [0.3, 0.4) is 0 Å². The molecule has 1 unspecified atom stereocenters. The largest absolute Gasteiger partial charge is 0.376 e. The SMILES string of the molecule is O=C(CN(c1ccc(F)cc1)S(=O)(=O)c1ccc(F)cc1)Nc1ccccc1C(=O)NCC1CCCO1. The van der Waals surface area contributed by atoms with E-state index in [-0.39, 0.29) is 27.9 Å². The summed E-state index contributed by atoms with van der Waals surface area (Å²) in [5.41, 5.74) is 0.419. The Morgan fingerprint density at radius 1 is 0.946 bits per heavy atom. The Hall–Kier alpha value is -3.83. The lowest BCUT2D eigenvalue weighted by Crippen LogP contribution is -2.38. The fourth-order valence-electron chi connectivity index (χ4n) is 3.87. The van der Waals surface area contributed by atoms with E-state index in [1.165, 1.54) is 24.3 Å². The Morgan fingerprint density at radius 3 is 2.24 bits per heavy atom. The van der Waals surface area contributed by atoms with Gasteiger partial charge in [-0.3, -0.25) is 13.9 Å². The summed E-state index contributed by atoms with van der Waals surface area (Å²) in [5, 5.41) is 5.38. The van der Waals surface area contributed by atoms with Crippen molar-refractivity contribution in [3.63, 3.8) is 0 Å². The van der Waals surface area contributed by atoms with Gasteiger partial charge in [0, 0.05) is 13.2 Å². The second-order valence-electron chi connectivity index (χ2n) is 8.38. The number of rotatable bonds is 9. The number of carbonyl (C=O) groups is 2. The minimum Gasteiger partial charge on any atom is -0.376 e. The average molecular weight is 530 g/mol. The normalized spacial score (nSPS) is 15.2. The fraction of sp³-hybridized carbons (Fsp3) is 0.231. The summed E-state index contributed by atoms with van der Waals surface area (Å²) < 4.78 is 59.9. The van der Waals surface area contributed by atoms with Gasteiger partial charge >= 0.3 is 0 Å². The minimum atomic E-state index is -4.33. The van der Waals surface area contributed by atoms with Crippen LogP contribution >= 0.6 is 0 Å². The van der Waals surface area contributed by atoms with Crippen molar-refractivity contribution in [1.29, 1.82) is 0 Å². The van der Waals surface area contributed by atoms with Gasteiger partial charge in [0.1, 0.15) is 18.2 Å². The average Bonchev–Trinajstić information content (AvgIpc) is 3.41. The molecule has 1 saturated heterocycles. The van der Waals surface area contributed by atoms with Crippen molar-refractivity contribution >= 4 is 33.2 Å². The maximum Gasteiger partial charge on any atom is 0.264 e. The first-order chi connectivity index (χ1) is 17.7. The number of nitrogens with one attached hydrogen (secondary N) is 2. The molecule has 3 aromatic carbocycles. The van der Waals surface area contributed by atoms with Gasteiger partial charge in [-0.25, -0.2) is 17.2 Å². The fourth-order valence-corrected chi connectivity index (χ4v) is 5.29. The number of para-hydroxylation sites is 1. The van der Waals surface area contributed by atoms with Crippen molar-refractivity contribution in [1.82, 2.24) is 5.32 Å². The molecule has 194 valence electrons. The van der Waals surface area contributed by atoms with Crippen LogP contribution in [-0.2, 0) is 19.6 Å². The van der Waals surface area contributed by atoms with E-state index in [0.717, 1.165) is 53.5 Å². The van der Waals surface area contributed by atoms with Gasteiger partial charge in [-0.15, -0.1) is 0 Å². The number of amides is 2. The van der Waals surface area contributed by atoms with Crippen LogP contribution < -0.4 is 14.9 Å². The molecular formula is C26H25F2N3O5S. The zero-order chi connectivity index (χ0) is 26.4. The molecule has 2 amide bonds. The highest BCUT2D eigenvalue weighted by atomic mass is 32.2. The molecule has 2 N–H and O–H groups in total. The van der Waals surface area contributed by atoms with Crippen molar-refractivity contribution in [2.75, 3.05) is 29.3 Å². The number of benzene rings is 3. The van der Waals surface area contributed by atoms with E-state index in [0.29, 0.717) is 13.2 Å². The number of halogens is 2. The molecule has 0 aliphatic carbocycles. The van der Waals surface area contributed by atoms with Crippen LogP contribution in [-0.4, -0.2) is 46.0 Å². The van der Waals surface area contributed by atoms with Gasteiger partial charge in [-0.05, 0) is 73.5 Å². The molecule has 1 fully saturated rings. The summed E-state index contributed by atoms with van der Waals surface area (Å²) >= 11 is 0. The van der Waals surface area contributed by atoms with Gasteiger partial charge in [0.05, 0.1) is 27.9 Å². The van der Waals surface area contributed by atoms with Crippen LogP contribution in [0.5, 0.6) is 0 Å². The molecule has 37 heavy (non-hydrogen) atoms. The number of nitrogens with zero attached hydrogens (tertiary/aromatic N) is 1. The molecule has 0 bridgehead atoms. The van der Waals surface area contributed by atoms with Crippen LogP contribution in [0.1, 0.15) is 23.2 Å². The Balaban J connectivity index is 1.55. The van der Waals surface area contributed by atoms with Crippen LogP contribution in [0.4, 0.5) is 20.2 Å². The maximum atomic E-state index is 13.5. The summed E-state index contributed by atoms with van der Waals surface area (Å²) in [7, 11) is -4.33. The van der Waals surface area contributed by atoms with Crippen molar-refractivity contribution in [3.8, 4) is 0 Å². The highest BCUT2D eigenvalue weighted by molar-refractivity contribution is 7.92. The highest BCUT2D eigenvalue weighted by Crippen LogP contribution is 2.25. The summed E-state index contributed by atoms with van der Waals surface area (Å²) in [6, 6.07) is 15.0. The van der Waals surface area contributed by atoms with E-state index in [9.17, 15) is 26.8 Å². The molecule has 1 aliphatic rings. The monoisotopic (exact) mass is 529 g/mol. The Kier molecular flexibility index (Phi) is 8.14. The van der Waals surface area contributed by atoms with Gasteiger partial charge in [-0.1, -0.05) is 12.1 Å². The first kappa shape index (κ1) is 26.2. The van der Waals surface area contributed by atoms with Gasteiger partial charge in [0.2, 0.25) is 5.91 Å². The van der Waals surface area contributed by atoms with Crippen molar-refractivity contribution < 1.29 is 31.5 Å². The Morgan fingerprint density at radius 2 is 1.59 bits per heavy atom. The lowest BCUT2D eigenvalue weighted by atomic mass is 10.1. The molecule has 3 aromatic rings. The number of sulfonamides is 1. The van der Waals surface area contributed by atoms with Crippen molar-refractivity contribution in [2.45, 2.75) is 23.8 Å². The first-order valence-corrected chi connectivity index (χ1v) is 13.0. The zero-order valence-corrected chi connectivity index (χ0v) is 20.5. The molecule has 0 radical (unpaired) electrons. The van der Waals surface area contributed by atoms with Crippen LogP contribution in [0.15, 0.2) is 77.7 Å². The van der Waals surface area contributed by atoms with Gasteiger partial charge in [-0.2, -0.15) is 0 Å². The third-order valence-electron chi connectivity index (χ3n) is 5.76. The number of hydrogen-bond donors (Lipinski definition) is 2. The predicted molar refractivity (Wildman–Crippen MR) is 134 cm³/mol. The summed E-state index contributed by atoms with van der Waals surface area (Å²) in [6.45, 7) is 0.297. The quantitative estimate of drug-likeness (QED) is 0.440. The second-order valence-corrected chi connectivity index (χ2v) is 10.2. The standard InChI is InChI=1S/C26H25F2N3O5S/c27-18-7-11-20(12-8-18)31(37(34,35)22-13-9-19(28)10-14-22)17-25(32)30-24-6-2-1-5-23(24)26(33)29-16-21-4-3-15-36-21/h1-2,5-14,21H,3-4,15-17H2,(H,29,33)(H,30,32). The molecule has 11 heteroatoms. The van der Waals surface area contributed by atoms with Gasteiger partial charge in [0.15, 0.2) is 0 Å². The second kappa shape index (κ2) is 11.5. The number of ether oxygens (including phenoxy) is 1. The summed E-state index contributed by atoms with van der Waals surface area (Å²) in [5.74, 6) is -2.37. The van der Waals surface area contributed by atoms with Crippen LogP contribution in [0.2, 0.25) is 0 Å². The number of anilines is 2. The van der Waals surface area contributed by atoms with E-state index >= 15 is 0 Å².